The predicted molar refractivity (Wildman–Crippen MR) is 118 cm³/mol. The lowest BCUT2D eigenvalue weighted by atomic mass is 10.1. The molecule has 0 radical (unpaired) electrons. The third-order valence-corrected chi connectivity index (χ3v) is 4.70. The van der Waals surface area contributed by atoms with Crippen LogP contribution in [0.15, 0.2) is 54.7 Å². The van der Waals surface area contributed by atoms with E-state index in [0.29, 0.717) is 22.6 Å². The summed E-state index contributed by atoms with van der Waals surface area (Å²) < 4.78 is 33.4. The minimum Gasteiger partial charge on any atom is -0.435 e. The number of aryl methyl sites for hydroxylation is 1. The molecule has 0 saturated carbocycles. The van der Waals surface area contributed by atoms with Crippen molar-refractivity contribution in [1.29, 1.82) is 0 Å². The van der Waals surface area contributed by atoms with E-state index in [4.69, 9.17) is 10.5 Å². The number of nitrogens with one attached hydrogen (secondary N) is 2. The lowest BCUT2D eigenvalue weighted by molar-refractivity contribution is -0.115. The molecule has 0 spiro atoms. The number of carbonyl (C=O) groups is 2. The number of carbonyl (C=O) groups excluding carboxylic acids is 2. The van der Waals surface area contributed by atoms with Gasteiger partial charge in [-0.1, -0.05) is 12.1 Å². The van der Waals surface area contributed by atoms with E-state index in [1.54, 1.807) is 13.0 Å². The van der Waals surface area contributed by atoms with Gasteiger partial charge in [0.05, 0.1) is 12.1 Å². The molecule has 0 aliphatic heterocycles. The number of aromatic nitrogens is 4. The Balaban J connectivity index is 1.44. The van der Waals surface area contributed by atoms with Crippen LogP contribution in [0.4, 0.5) is 14.7 Å². The average molecular weight is 464 g/mol. The molecule has 0 unspecified atom stereocenters. The number of pyridine rings is 2. The Kier molecular flexibility index (Phi) is 6.26. The maximum atomic E-state index is 14.6. The first-order valence-corrected chi connectivity index (χ1v) is 10.0. The van der Waals surface area contributed by atoms with Crippen molar-refractivity contribution in [3.8, 4) is 23.0 Å². The van der Waals surface area contributed by atoms with E-state index in [1.807, 2.05) is 0 Å². The molecule has 34 heavy (non-hydrogen) atoms. The normalized spacial score (nSPS) is 10.7. The number of aromatic amines is 1. The van der Waals surface area contributed by atoms with Crippen LogP contribution in [-0.2, 0) is 11.2 Å². The molecular weight excluding hydrogens is 446 g/mol. The molecule has 2 amide bonds. The van der Waals surface area contributed by atoms with Crippen LogP contribution in [0, 0.1) is 18.7 Å². The molecule has 3 aromatic heterocycles. The average Bonchev–Trinajstić information content (AvgIpc) is 3.15. The van der Waals surface area contributed by atoms with Crippen molar-refractivity contribution >= 4 is 17.8 Å². The maximum absolute atomic E-state index is 14.6. The van der Waals surface area contributed by atoms with Crippen LogP contribution in [0.3, 0.4) is 0 Å². The number of nitrogens with zero attached hydrogens (tertiary/aromatic N) is 3. The van der Waals surface area contributed by atoms with Crippen LogP contribution >= 0.6 is 0 Å². The molecule has 4 aromatic rings. The van der Waals surface area contributed by atoms with Gasteiger partial charge in [0, 0.05) is 11.9 Å². The van der Waals surface area contributed by atoms with Crippen LogP contribution in [0.1, 0.15) is 21.6 Å². The van der Waals surface area contributed by atoms with Crippen molar-refractivity contribution < 1.29 is 23.1 Å². The van der Waals surface area contributed by atoms with Gasteiger partial charge in [-0.15, -0.1) is 0 Å². The Bertz CT molecular complexity index is 1390. The number of anilines is 1. The van der Waals surface area contributed by atoms with Crippen LogP contribution < -0.4 is 15.8 Å². The predicted octanol–water partition coefficient (Wildman–Crippen LogP) is 3.53. The third kappa shape index (κ3) is 5.04. The Morgan fingerprint density at radius 1 is 1.12 bits per heavy atom. The zero-order valence-corrected chi connectivity index (χ0v) is 17.8. The third-order valence-electron chi connectivity index (χ3n) is 4.70. The monoisotopic (exact) mass is 464 g/mol. The summed E-state index contributed by atoms with van der Waals surface area (Å²) in [6.45, 7) is 1.71. The minimum atomic E-state index is -0.763. The number of imidazole rings is 1. The highest BCUT2D eigenvalue weighted by atomic mass is 19.1. The SMILES string of the molecule is Cc1[nH]c(NC(=O)Cc2ccc(Oc3ncccc3C(N)=O)c(F)c2)nc1-c1cccc(F)n1. The lowest BCUT2D eigenvalue weighted by Crippen LogP contribution is -2.15. The molecule has 0 atom stereocenters. The highest BCUT2D eigenvalue weighted by molar-refractivity contribution is 5.95. The van der Waals surface area contributed by atoms with Gasteiger partial charge in [-0.25, -0.2) is 19.3 Å². The second-order valence-electron chi connectivity index (χ2n) is 7.22. The quantitative estimate of drug-likeness (QED) is 0.358. The number of amides is 2. The first-order valence-electron chi connectivity index (χ1n) is 10.0. The molecule has 0 aliphatic carbocycles. The fraction of sp³-hybridized carbons (Fsp3) is 0.0870. The second-order valence-corrected chi connectivity index (χ2v) is 7.22. The number of H-pyrrole nitrogens is 1. The second kappa shape index (κ2) is 9.45. The van der Waals surface area contributed by atoms with Gasteiger partial charge < -0.3 is 15.5 Å². The van der Waals surface area contributed by atoms with Gasteiger partial charge in [0.2, 0.25) is 23.7 Å². The van der Waals surface area contributed by atoms with Crippen molar-refractivity contribution in [2.75, 3.05) is 5.32 Å². The first kappa shape index (κ1) is 22.5. The lowest BCUT2D eigenvalue weighted by Gasteiger charge is -2.09. The molecule has 9 nitrogen and oxygen atoms in total. The molecule has 0 bridgehead atoms. The van der Waals surface area contributed by atoms with Gasteiger partial charge in [0.1, 0.15) is 11.3 Å². The van der Waals surface area contributed by atoms with E-state index in [1.165, 1.54) is 42.6 Å². The molecule has 1 aromatic carbocycles. The standard InChI is InChI=1S/C23H18F2N6O3/c1-12-20(16-5-2-6-18(25)29-16)31-23(28-12)30-19(32)11-13-7-8-17(15(24)10-13)34-22-14(21(26)33)4-3-9-27-22/h2-10H,11H2,1H3,(H2,26,33)(H2,28,30,31,32). The first-order chi connectivity index (χ1) is 16.3. The summed E-state index contributed by atoms with van der Waals surface area (Å²) in [7, 11) is 0. The van der Waals surface area contributed by atoms with E-state index < -0.39 is 23.6 Å². The number of primary amides is 1. The van der Waals surface area contributed by atoms with Gasteiger partial charge in [-0.05, 0) is 48.9 Å². The van der Waals surface area contributed by atoms with Crippen molar-refractivity contribution in [2.45, 2.75) is 13.3 Å². The Hall–Kier alpha value is -4.67. The topological polar surface area (TPSA) is 136 Å². The van der Waals surface area contributed by atoms with E-state index in [2.05, 4.69) is 25.3 Å². The molecule has 0 fully saturated rings. The Labute approximate surface area is 192 Å². The van der Waals surface area contributed by atoms with Crippen molar-refractivity contribution in [1.82, 2.24) is 19.9 Å². The van der Waals surface area contributed by atoms with Crippen molar-refractivity contribution in [3.63, 3.8) is 0 Å². The fourth-order valence-electron chi connectivity index (χ4n) is 3.17. The van der Waals surface area contributed by atoms with Crippen LogP contribution in [0.2, 0.25) is 0 Å². The summed E-state index contributed by atoms with van der Waals surface area (Å²) in [6, 6.07) is 11.2. The molecule has 0 saturated heterocycles. The molecule has 11 heteroatoms. The van der Waals surface area contributed by atoms with Gasteiger partial charge in [0.15, 0.2) is 11.6 Å². The molecule has 172 valence electrons. The number of benzene rings is 1. The van der Waals surface area contributed by atoms with Crippen LogP contribution in [0.5, 0.6) is 11.6 Å². The van der Waals surface area contributed by atoms with Crippen LogP contribution in [-0.4, -0.2) is 31.8 Å². The van der Waals surface area contributed by atoms with Crippen molar-refractivity contribution in [3.05, 3.63) is 83.3 Å². The van der Waals surface area contributed by atoms with E-state index in [0.717, 1.165) is 6.07 Å². The summed E-state index contributed by atoms with van der Waals surface area (Å²) in [5.74, 6) is -2.77. The zero-order valence-electron chi connectivity index (χ0n) is 17.8. The number of hydrogen-bond acceptors (Lipinski definition) is 6. The minimum absolute atomic E-state index is 0.00639. The largest absolute Gasteiger partial charge is 0.435 e. The maximum Gasteiger partial charge on any atom is 0.254 e. The van der Waals surface area contributed by atoms with Gasteiger partial charge >= 0.3 is 0 Å². The molecule has 3 heterocycles. The van der Waals surface area contributed by atoms with E-state index in [-0.39, 0.29) is 29.6 Å². The Morgan fingerprint density at radius 2 is 1.94 bits per heavy atom. The molecule has 0 aliphatic rings. The van der Waals surface area contributed by atoms with Gasteiger partial charge in [0.25, 0.3) is 5.91 Å². The zero-order chi connectivity index (χ0) is 24.2. The highest BCUT2D eigenvalue weighted by Crippen LogP contribution is 2.26. The summed E-state index contributed by atoms with van der Waals surface area (Å²) in [5, 5.41) is 2.59. The summed E-state index contributed by atoms with van der Waals surface area (Å²) >= 11 is 0. The fourth-order valence-corrected chi connectivity index (χ4v) is 3.17. The summed E-state index contributed by atoms with van der Waals surface area (Å²) in [4.78, 5) is 38.7. The number of hydrogen-bond donors (Lipinski definition) is 3. The van der Waals surface area contributed by atoms with Gasteiger partial charge in [-0.3, -0.25) is 14.9 Å². The Morgan fingerprint density at radius 3 is 2.68 bits per heavy atom. The van der Waals surface area contributed by atoms with Crippen LogP contribution in [0.25, 0.3) is 11.4 Å². The molecular formula is C23H18F2N6O3. The number of halogens is 2. The molecule has 4 rings (SSSR count). The van der Waals surface area contributed by atoms with Crippen molar-refractivity contribution in [2.24, 2.45) is 5.73 Å². The summed E-state index contributed by atoms with van der Waals surface area (Å²) in [5.41, 5.74) is 6.95. The smallest absolute Gasteiger partial charge is 0.254 e. The number of ether oxygens (including phenoxy) is 1. The number of nitrogens with two attached hydrogens (primary N) is 1. The summed E-state index contributed by atoms with van der Waals surface area (Å²) in [6.07, 6.45) is 1.23. The number of rotatable bonds is 7. The van der Waals surface area contributed by atoms with Gasteiger partial charge in [-0.2, -0.15) is 4.39 Å². The highest BCUT2D eigenvalue weighted by Gasteiger charge is 2.16. The molecule has 4 N–H and O–H groups in total. The van der Waals surface area contributed by atoms with E-state index in [9.17, 15) is 18.4 Å². The van der Waals surface area contributed by atoms with E-state index >= 15 is 0 Å².